The van der Waals surface area contributed by atoms with E-state index < -0.39 is 0 Å². The van der Waals surface area contributed by atoms with E-state index in [1.165, 1.54) is 0 Å². The Kier molecular flexibility index (Phi) is 6.42. The minimum atomic E-state index is 0.0250. The molecule has 2 aromatic rings. The fourth-order valence-electron chi connectivity index (χ4n) is 3.61. The van der Waals surface area contributed by atoms with E-state index in [0.29, 0.717) is 11.5 Å². The fraction of sp³-hybridized carbons (Fsp3) is 0.429. The molecule has 0 spiro atoms. The molecule has 146 valence electrons. The zero-order chi connectivity index (χ0) is 19.2. The Morgan fingerprint density at radius 3 is 2.11 bits per heavy atom. The molecule has 1 unspecified atom stereocenters. The molecule has 1 aliphatic rings. The predicted octanol–water partition coefficient (Wildman–Crippen LogP) is 2.72. The van der Waals surface area contributed by atoms with E-state index in [1.54, 1.807) is 28.4 Å². The van der Waals surface area contributed by atoms with Crippen molar-refractivity contribution in [2.24, 2.45) is 0 Å². The monoisotopic (exact) mass is 372 g/mol. The van der Waals surface area contributed by atoms with Crippen LogP contribution in [0, 0.1) is 0 Å². The van der Waals surface area contributed by atoms with Gasteiger partial charge in [0.05, 0.1) is 34.5 Å². The molecule has 1 fully saturated rings. The van der Waals surface area contributed by atoms with Gasteiger partial charge in [-0.3, -0.25) is 4.90 Å². The Bertz CT molecular complexity index is 760. The highest BCUT2D eigenvalue weighted by Crippen LogP contribution is 2.42. The molecule has 27 heavy (non-hydrogen) atoms. The summed E-state index contributed by atoms with van der Waals surface area (Å²) in [5.41, 5.74) is 2.20. The van der Waals surface area contributed by atoms with Crippen LogP contribution in [0.4, 0.5) is 0 Å². The molecule has 0 radical (unpaired) electrons. The summed E-state index contributed by atoms with van der Waals surface area (Å²) in [5, 5.41) is 3.42. The molecule has 6 heteroatoms. The van der Waals surface area contributed by atoms with Crippen LogP contribution >= 0.6 is 0 Å². The molecule has 3 rings (SSSR count). The molecule has 1 aliphatic heterocycles. The maximum absolute atomic E-state index is 5.73. The van der Waals surface area contributed by atoms with Gasteiger partial charge in [-0.25, -0.2) is 0 Å². The van der Waals surface area contributed by atoms with E-state index >= 15 is 0 Å². The number of benzene rings is 2. The second-order valence-electron chi connectivity index (χ2n) is 6.41. The number of hydrogen-bond donors (Lipinski definition) is 1. The average molecular weight is 372 g/mol. The van der Waals surface area contributed by atoms with Crippen molar-refractivity contribution in [3.63, 3.8) is 0 Å². The summed E-state index contributed by atoms with van der Waals surface area (Å²) in [6.45, 7) is 3.80. The summed E-state index contributed by atoms with van der Waals surface area (Å²) in [5.74, 6) is 2.96. The third-order valence-corrected chi connectivity index (χ3v) is 4.96. The van der Waals surface area contributed by atoms with E-state index in [2.05, 4.69) is 22.3 Å². The summed E-state index contributed by atoms with van der Waals surface area (Å²) in [7, 11) is 6.66. The van der Waals surface area contributed by atoms with Gasteiger partial charge in [0, 0.05) is 37.8 Å². The molecule has 6 nitrogen and oxygen atoms in total. The predicted molar refractivity (Wildman–Crippen MR) is 105 cm³/mol. The maximum atomic E-state index is 5.73. The summed E-state index contributed by atoms with van der Waals surface area (Å²) >= 11 is 0. The first-order valence-corrected chi connectivity index (χ1v) is 9.10. The third-order valence-electron chi connectivity index (χ3n) is 4.96. The van der Waals surface area contributed by atoms with Gasteiger partial charge in [-0.15, -0.1) is 0 Å². The van der Waals surface area contributed by atoms with Crippen LogP contribution in [-0.4, -0.2) is 59.5 Å². The second-order valence-corrected chi connectivity index (χ2v) is 6.41. The van der Waals surface area contributed by atoms with Gasteiger partial charge in [0.25, 0.3) is 0 Å². The Labute approximate surface area is 161 Å². The lowest BCUT2D eigenvalue weighted by atomic mass is 9.94. The highest BCUT2D eigenvalue weighted by Gasteiger charge is 2.28. The normalized spacial score (nSPS) is 15.9. The number of nitrogens with one attached hydrogen (secondary N) is 1. The second kappa shape index (κ2) is 8.97. The first-order chi connectivity index (χ1) is 13.2. The minimum absolute atomic E-state index is 0.0250. The van der Waals surface area contributed by atoms with Gasteiger partial charge in [-0.2, -0.15) is 0 Å². The number of methoxy groups -OCH3 is 4. The molecule has 0 bridgehead atoms. The highest BCUT2D eigenvalue weighted by atomic mass is 16.5. The molecule has 2 aromatic carbocycles. The zero-order valence-electron chi connectivity index (χ0n) is 16.5. The fourth-order valence-corrected chi connectivity index (χ4v) is 3.61. The SMILES string of the molecule is COc1cccc(C(c2cc(OC)c(OC)cc2OC)N2CCNCC2)c1. The maximum Gasteiger partial charge on any atom is 0.164 e. The van der Waals surface area contributed by atoms with Crippen LogP contribution in [0.15, 0.2) is 36.4 Å². The molecule has 1 N–H and O–H groups in total. The van der Waals surface area contributed by atoms with E-state index in [0.717, 1.165) is 48.8 Å². The van der Waals surface area contributed by atoms with Crippen LogP contribution in [0.2, 0.25) is 0 Å². The molecule has 1 atom stereocenters. The van der Waals surface area contributed by atoms with Gasteiger partial charge < -0.3 is 24.3 Å². The number of piperazine rings is 1. The number of ether oxygens (including phenoxy) is 4. The summed E-state index contributed by atoms with van der Waals surface area (Å²) in [4.78, 5) is 2.45. The van der Waals surface area contributed by atoms with Gasteiger partial charge >= 0.3 is 0 Å². The lowest BCUT2D eigenvalue weighted by Crippen LogP contribution is -2.45. The highest BCUT2D eigenvalue weighted by molar-refractivity contribution is 5.54. The average Bonchev–Trinajstić information content (AvgIpc) is 2.74. The van der Waals surface area contributed by atoms with Crippen LogP contribution in [0.5, 0.6) is 23.0 Å². The Balaban J connectivity index is 2.14. The van der Waals surface area contributed by atoms with E-state index in [-0.39, 0.29) is 6.04 Å². The van der Waals surface area contributed by atoms with Gasteiger partial charge in [0.2, 0.25) is 0 Å². The topological polar surface area (TPSA) is 52.2 Å². The largest absolute Gasteiger partial charge is 0.497 e. The third kappa shape index (κ3) is 4.12. The molecular formula is C21H28N2O4. The number of hydrogen-bond acceptors (Lipinski definition) is 6. The van der Waals surface area contributed by atoms with Gasteiger partial charge in [0.1, 0.15) is 11.5 Å². The molecule has 0 saturated carbocycles. The Morgan fingerprint density at radius 2 is 1.48 bits per heavy atom. The number of rotatable bonds is 7. The lowest BCUT2D eigenvalue weighted by molar-refractivity contribution is 0.194. The van der Waals surface area contributed by atoms with Crippen molar-refractivity contribution in [2.75, 3.05) is 54.6 Å². The first-order valence-electron chi connectivity index (χ1n) is 9.10. The molecule has 0 aliphatic carbocycles. The van der Waals surface area contributed by atoms with Crippen molar-refractivity contribution in [3.05, 3.63) is 47.5 Å². The molecule has 1 heterocycles. The van der Waals surface area contributed by atoms with Gasteiger partial charge in [-0.05, 0) is 23.8 Å². The van der Waals surface area contributed by atoms with Crippen LogP contribution in [0.3, 0.4) is 0 Å². The minimum Gasteiger partial charge on any atom is -0.497 e. The van der Waals surface area contributed by atoms with Crippen molar-refractivity contribution < 1.29 is 18.9 Å². The van der Waals surface area contributed by atoms with Crippen molar-refractivity contribution in [3.8, 4) is 23.0 Å². The Hall–Kier alpha value is -2.44. The smallest absolute Gasteiger partial charge is 0.164 e. The van der Waals surface area contributed by atoms with E-state index in [1.807, 2.05) is 24.3 Å². The molecule has 0 amide bonds. The zero-order valence-corrected chi connectivity index (χ0v) is 16.5. The first kappa shape index (κ1) is 19.3. The molecular weight excluding hydrogens is 344 g/mol. The summed E-state index contributed by atoms with van der Waals surface area (Å²) in [6.07, 6.45) is 0. The van der Waals surface area contributed by atoms with Crippen molar-refractivity contribution in [1.29, 1.82) is 0 Å². The quantitative estimate of drug-likeness (QED) is 0.807. The van der Waals surface area contributed by atoms with Gasteiger partial charge in [0.15, 0.2) is 11.5 Å². The van der Waals surface area contributed by atoms with Gasteiger partial charge in [-0.1, -0.05) is 12.1 Å². The number of nitrogens with zero attached hydrogens (tertiary/aromatic N) is 1. The van der Waals surface area contributed by atoms with E-state index in [9.17, 15) is 0 Å². The molecule has 1 saturated heterocycles. The van der Waals surface area contributed by atoms with Crippen molar-refractivity contribution in [2.45, 2.75) is 6.04 Å². The Morgan fingerprint density at radius 1 is 0.815 bits per heavy atom. The van der Waals surface area contributed by atoms with Crippen LogP contribution in [-0.2, 0) is 0 Å². The van der Waals surface area contributed by atoms with Crippen LogP contribution in [0.1, 0.15) is 17.2 Å². The summed E-state index contributed by atoms with van der Waals surface area (Å²) in [6, 6.07) is 12.1. The molecule has 0 aromatic heterocycles. The summed E-state index contributed by atoms with van der Waals surface area (Å²) < 4.78 is 22.2. The van der Waals surface area contributed by atoms with Crippen LogP contribution in [0.25, 0.3) is 0 Å². The van der Waals surface area contributed by atoms with Crippen molar-refractivity contribution in [1.82, 2.24) is 10.2 Å². The van der Waals surface area contributed by atoms with E-state index in [4.69, 9.17) is 18.9 Å². The van der Waals surface area contributed by atoms with Crippen LogP contribution < -0.4 is 24.3 Å². The standard InChI is InChI=1S/C21H28N2O4/c1-24-16-7-5-6-15(12-16)21(23-10-8-22-9-11-23)17-13-19(26-3)20(27-4)14-18(17)25-2/h5-7,12-14,21-22H,8-11H2,1-4H3. The lowest BCUT2D eigenvalue weighted by Gasteiger charge is -2.36. The van der Waals surface area contributed by atoms with Crippen molar-refractivity contribution >= 4 is 0 Å².